The average molecular weight is 412 g/mol. The molecule has 0 saturated heterocycles. The van der Waals surface area contributed by atoms with E-state index < -0.39 is 5.97 Å². The lowest BCUT2D eigenvalue weighted by Gasteiger charge is -2.10. The smallest absolute Gasteiger partial charge is 0.337 e. The fourth-order valence-corrected chi connectivity index (χ4v) is 3.17. The molecule has 0 fully saturated rings. The molecule has 0 amide bonds. The number of hydrogen-bond acceptors (Lipinski definition) is 4. The lowest BCUT2D eigenvalue weighted by Crippen LogP contribution is -2.20. The molecule has 3 rings (SSSR count). The summed E-state index contributed by atoms with van der Waals surface area (Å²) in [7, 11) is 1.34. The molecular weight excluding hydrogens is 390 g/mol. The summed E-state index contributed by atoms with van der Waals surface area (Å²) in [5.74, 6) is 0.836. The average Bonchev–Trinajstić information content (AvgIpc) is 2.75. The second-order valence-corrected chi connectivity index (χ2v) is 6.92. The lowest BCUT2D eigenvalue weighted by atomic mass is 10.1. The Morgan fingerprint density at radius 3 is 2.21 bits per heavy atom. The van der Waals surface area contributed by atoms with E-state index in [2.05, 4.69) is 11.7 Å². The molecule has 1 aromatic heterocycles. The number of carbonyl (C=O) groups is 1. The molecule has 29 heavy (non-hydrogen) atoms. The highest BCUT2D eigenvalue weighted by molar-refractivity contribution is 6.33. The third-order valence-electron chi connectivity index (χ3n) is 4.54. The molecule has 2 aromatic carbocycles. The van der Waals surface area contributed by atoms with Crippen molar-refractivity contribution < 1.29 is 14.3 Å². The molecule has 0 aliphatic heterocycles. The first-order valence-electron chi connectivity index (χ1n) is 9.39. The number of benzene rings is 2. The molecule has 0 bridgehead atoms. The van der Waals surface area contributed by atoms with Crippen molar-refractivity contribution in [3.05, 3.63) is 81.7 Å². The number of methoxy groups -OCH3 is 1. The molecule has 0 N–H and O–H groups in total. The molecule has 0 saturated carbocycles. The second kappa shape index (κ2) is 9.43. The van der Waals surface area contributed by atoms with Gasteiger partial charge in [0.15, 0.2) is 0 Å². The minimum absolute atomic E-state index is 0.177. The Hall–Kier alpha value is -3.05. The highest BCUT2D eigenvalue weighted by Crippen LogP contribution is 2.29. The number of esters is 1. The number of aryl methyl sites for hydroxylation is 1. The summed E-state index contributed by atoms with van der Waals surface area (Å²) >= 11 is 6.33. The summed E-state index contributed by atoms with van der Waals surface area (Å²) in [4.78, 5) is 23.9. The molecule has 0 unspecified atom stereocenters. The van der Waals surface area contributed by atoms with E-state index in [1.807, 2.05) is 30.3 Å². The molecule has 0 atom stereocenters. The number of hydrogen-bond donors (Lipinski definition) is 0. The van der Waals surface area contributed by atoms with E-state index in [1.54, 1.807) is 35.0 Å². The molecular formula is C23H22ClNO4. The first-order valence-corrected chi connectivity index (χ1v) is 9.77. The van der Waals surface area contributed by atoms with Crippen molar-refractivity contribution >= 4 is 17.6 Å². The molecule has 3 aromatic rings. The van der Waals surface area contributed by atoms with Gasteiger partial charge in [-0.3, -0.25) is 4.79 Å². The Labute approximate surface area is 174 Å². The quantitative estimate of drug-likeness (QED) is 0.478. The van der Waals surface area contributed by atoms with Crippen molar-refractivity contribution in [2.45, 2.75) is 26.3 Å². The number of nitrogens with zero attached hydrogens (tertiary/aromatic N) is 1. The zero-order valence-electron chi connectivity index (χ0n) is 16.4. The minimum atomic E-state index is -0.394. The summed E-state index contributed by atoms with van der Waals surface area (Å²) in [6, 6.07) is 15.9. The minimum Gasteiger partial charge on any atom is -0.465 e. The number of pyridine rings is 1. The first kappa shape index (κ1) is 20.7. The number of ether oxygens (including phenoxy) is 2. The van der Waals surface area contributed by atoms with E-state index in [-0.39, 0.29) is 10.6 Å². The van der Waals surface area contributed by atoms with Crippen LogP contribution in [0.25, 0.3) is 11.1 Å². The van der Waals surface area contributed by atoms with Gasteiger partial charge >= 0.3 is 5.97 Å². The van der Waals surface area contributed by atoms with Gasteiger partial charge in [0.25, 0.3) is 5.56 Å². The number of unbranched alkanes of at least 4 members (excludes halogenated alkanes) is 1. The highest BCUT2D eigenvalue weighted by atomic mass is 35.5. The monoisotopic (exact) mass is 411 g/mol. The predicted octanol–water partition coefficient (Wildman–Crippen LogP) is 5.55. The number of rotatable bonds is 7. The van der Waals surface area contributed by atoms with Crippen molar-refractivity contribution in [1.82, 2.24) is 4.57 Å². The molecule has 150 valence electrons. The molecule has 1 heterocycles. The summed E-state index contributed by atoms with van der Waals surface area (Å²) in [6.07, 6.45) is 3.73. The largest absolute Gasteiger partial charge is 0.465 e. The second-order valence-electron chi connectivity index (χ2n) is 6.54. The van der Waals surface area contributed by atoms with Crippen molar-refractivity contribution in [2.24, 2.45) is 0 Å². The van der Waals surface area contributed by atoms with Gasteiger partial charge in [-0.05, 0) is 54.4 Å². The number of aromatic nitrogens is 1. The van der Waals surface area contributed by atoms with Gasteiger partial charge in [0.05, 0.1) is 12.7 Å². The van der Waals surface area contributed by atoms with E-state index in [0.717, 1.165) is 18.4 Å². The number of carbonyl (C=O) groups excluding carboxylic acids is 1. The van der Waals surface area contributed by atoms with E-state index in [0.29, 0.717) is 29.2 Å². The Kier molecular flexibility index (Phi) is 6.73. The Morgan fingerprint density at radius 2 is 1.62 bits per heavy atom. The summed E-state index contributed by atoms with van der Waals surface area (Å²) in [6.45, 7) is 2.75. The standard InChI is InChI=1S/C23H22ClNO4/c1-3-4-14-25-15-13-20(21(24)22(25)26)16-5-9-18(10-6-16)29-19-11-7-17(8-12-19)23(27)28-2/h5-13,15H,3-4,14H2,1-2H3. The van der Waals surface area contributed by atoms with Crippen LogP contribution in [0.4, 0.5) is 0 Å². The zero-order valence-corrected chi connectivity index (χ0v) is 17.1. The van der Waals surface area contributed by atoms with Gasteiger partial charge in [-0.15, -0.1) is 0 Å². The van der Waals surface area contributed by atoms with E-state index in [9.17, 15) is 9.59 Å². The summed E-state index contributed by atoms with van der Waals surface area (Å²) in [5.41, 5.74) is 1.81. The van der Waals surface area contributed by atoms with Gasteiger partial charge in [-0.1, -0.05) is 37.1 Å². The molecule has 5 nitrogen and oxygen atoms in total. The Morgan fingerprint density at radius 1 is 1.00 bits per heavy atom. The van der Waals surface area contributed by atoms with Crippen LogP contribution in [0.15, 0.2) is 65.6 Å². The van der Waals surface area contributed by atoms with Crippen LogP contribution in [0.5, 0.6) is 11.5 Å². The number of halogens is 1. The van der Waals surface area contributed by atoms with Crippen molar-refractivity contribution in [3.63, 3.8) is 0 Å². The Balaban J connectivity index is 1.76. The Bertz CT molecular complexity index is 1040. The fourth-order valence-electron chi connectivity index (χ4n) is 2.89. The maximum Gasteiger partial charge on any atom is 0.337 e. The molecule has 0 radical (unpaired) electrons. The first-order chi connectivity index (χ1) is 14.0. The van der Waals surface area contributed by atoms with Crippen LogP contribution in [-0.2, 0) is 11.3 Å². The molecule has 6 heteroatoms. The van der Waals surface area contributed by atoms with Crippen LogP contribution in [0.3, 0.4) is 0 Å². The van der Waals surface area contributed by atoms with Crippen LogP contribution in [-0.4, -0.2) is 17.6 Å². The van der Waals surface area contributed by atoms with Crippen LogP contribution in [0.2, 0.25) is 5.02 Å². The third-order valence-corrected chi connectivity index (χ3v) is 4.90. The molecule has 0 aliphatic rings. The van der Waals surface area contributed by atoms with Gasteiger partial charge in [0.2, 0.25) is 0 Å². The van der Waals surface area contributed by atoms with Gasteiger partial charge in [-0.2, -0.15) is 0 Å². The van der Waals surface area contributed by atoms with Gasteiger partial charge in [0, 0.05) is 18.3 Å². The predicted molar refractivity (Wildman–Crippen MR) is 114 cm³/mol. The van der Waals surface area contributed by atoms with Crippen LogP contribution >= 0.6 is 11.6 Å². The van der Waals surface area contributed by atoms with Gasteiger partial charge in [0.1, 0.15) is 16.5 Å². The normalized spacial score (nSPS) is 10.6. The maximum absolute atomic E-state index is 12.4. The third kappa shape index (κ3) is 4.87. The van der Waals surface area contributed by atoms with Crippen molar-refractivity contribution in [2.75, 3.05) is 7.11 Å². The SMILES string of the molecule is CCCCn1ccc(-c2ccc(Oc3ccc(C(=O)OC)cc3)cc2)c(Cl)c1=O. The van der Waals surface area contributed by atoms with Crippen LogP contribution in [0, 0.1) is 0 Å². The van der Waals surface area contributed by atoms with Crippen molar-refractivity contribution in [3.8, 4) is 22.6 Å². The van der Waals surface area contributed by atoms with Gasteiger partial charge in [-0.25, -0.2) is 4.79 Å². The highest BCUT2D eigenvalue weighted by Gasteiger charge is 2.10. The fraction of sp³-hybridized carbons (Fsp3) is 0.217. The molecule has 0 spiro atoms. The summed E-state index contributed by atoms with van der Waals surface area (Å²) in [5, 5.41) is 0.218. The van der Waals surface area contributed by atoms with E-state index in [4.69, 9.17) is 16.3 Å². The topological polar surface area (TPSA) is 57.5 Å². The van der Waals surface area contributed by atoms with E-state index in [1.165, 1.54) is 7.11 Å². The van der Waals surface area contributed by atoms with Crippen LogP contribution in [0.1, 0.15) is 30.1 Å². The lowest BCUT2D eigenvalue weighted by molar-refractivity contribution is 0.0600. The maximum atomic E-state index is 12.4. The van der Waals surface area contributed by atoms with Crippen LogP contribution < -0.4 is 10.3 Å². The zero-order chi connectivity index (χ0) is 20.8. The van der Waals surface area contributed by atoms with Gasteiger partial charge < -0.3 is 14.0 Å². The van der Waals surface area contributed by atoms with E-state index >= 15 is 0 Å². The summed E-state index contributed by atoms with van der Waals surface area (Å²) < 4.78 is 12.1. The molecule has 0 aliphatic carbocycles. The van der Waals surface area contributed by atoms with Crippen molar-refractivity contribution in [1.29, 1.82) is 0 Å².